The third-order valence-corrected chi connectivity index (χ3v) is 4.41. The fourth-order valence-corrected chi connectivity index (χ4v) is 3.14. The molecular weight excluding hydrogens is 262 g/mol. The van der Waals surface area contributed by atoms with Gasteiger partial charge < -0.3 is 14.7 Å². The molecule has 0 unspecified atom stereocenters. The molecule has 2 rings (SSSR count). The number of β-amino-alcohol motifs (C(OH)–C–C–N with tert-alkyl or cyclic N) is 1. The summed E-state index contributed by atoms with van der Waals surface area (Å²) in [6.45, 7) is 11.8. The summed E-state index contributed by atoms with van der Waals surface area (Å²) in [4.78, 5) is 2.36. The van der Waals surface area contributed by atoms with Crippen LogP contribution in [0.25, 0.3) is 0 Å². The summed E-state index contributed by atoms with van der Waals surface area (Å²) in [6, 6.07) is 4.21. The maximum atomic E-state index is 10.2. The number of aryl methyl sites for hydroxylation is 2. The Hall–Kier alpha value is -1.06. The molecule has 3 nitrogen and oxygen atoms in total. The number of nitrogens with zero attached hydrogens (tertiary/aromatic N) is 1. The van der Waals surface area contributed by atoms with Crippen LogP contribution in [0.3, 0.4) is 0 Å². The summed E-state index contributed by atoms with van der Waals surface area (Å²) in [5.41, 5.74) is 3.61. The van der Waals surface area contributed by atoms with E-state index < -0.39 is 6.10 Å². The van der Waals surface area contributed by atoms with Gasteiger partial charge in [0.05, 0.1) is 0 Å². The first-order chi connectivity index (χ1) is 9.95. The first-order valence-corrected chi connectivity index (χ1v) is 8.06. The van der Waals surface area contributed by atoms with Crippen LogP contribution in [0, 0.1) is 26.7 Å². The minimum Gasteiger partial charge on any atom is -0.491 e. The van der Waals surface area contributed by atoms with E-state index in [1.807, 2.05) is 0 Å². The van der Waals surface area contributed by atoms with Gasteiger partial charge in [0.1, 0.15) is 18.5 Å². The van der Waals surface area contributed by atoms with E-state index in [1.54, 1.807) is 0 Å². The van der Waals surface area contributed by atoms with Crippen LogP contribution in [-0.4, -0.2) is 42.4 Å². The molecular formula is C18H29NO2. The van der Waals surface area contributed by atoms with Crippen molar-refractivity contribution in [2.24, 2.45) is 5.92 Å². The predicted molar refractivity (Wildman–Crippen MR) is 87.0 cm³/mol. The SMILES string of the molecule is Cc1cc(C)c(C)c(OC[C@@H](O)CN2CCC[C@@H](C)C2)c1. The van der Waals surface area contributed by atoms with Crippen LogP contribution >= 0.6 is 0 Å². The van der Waals surface area contributed by atoms with Crippen LogP contribution < -0.4 is 4.74 Å². The van der Waals surface area contributed by atoms with Gasteiger partial charge in [-0.2, -0.15) is 0 Å². The van der Waals surface area contributed by atoms with Gasteiger partial charge in [0.2, 0.25) is 0 Å². The van der Waals surface area contributed by atoms with E-state index in [9.17, 15) is 5.11 Å². The third-order valence-electron chi connectivity index (χ3n) is 4.41. The summed E-state index contributed by atoms with van der Waals surface area (Å²) < 4.78 is 5.85. The maximum absolute atomic E-state index is 10.2. The molecule has 1 aromatic carbocycles. The molecule has 21 heavy (non-hydrogen) atoms. The number of likely N-dealkylation sites (tertiary alicyclic amines) is 1. The van der Waals surface area contributed by atoms with Crippen LogP contribution in [0.2, 0.25) is 0 Å². The van der Waals surface area contributed by atoms with Gasteiger partial charge in [-0.1, -0.05) is 13.0 Å². The van der Waals surface area contributed by atoms with E-state index in [2.05, 4.69) is 44.7 Å². The van der Waals surface area contributed by atoms with Crippen LogP contribution in [-0.2, 0) is 0 Å². The fourth-order valence-electron chi connectivity index (χ4n) is 3.14. The number of aliphatic hydroxyl groups is 1. The molecule has 0 bridgehead atoms. The summed E-state index contributed by atoms with van der Waals surface area (Å²) in [5, 5.41) is 10.2. The normalized spacial score (nSPS) is 21.3. The molecule has 1 aliphatic heterocycles. The zero-order valence-corrected chi connectivity index (χ0v) is 13.9. The zero-order valence-electron chi connectivity index (χ0n) is 13.9. The van der Waals surface area contributed by atoms with Crippen molar-refractivity contribution in [3.05, 3.63) is 28.8 Å². The molecule has 1 aromatic rings. The van der Waals surface area contributed by atoms with E-state index in [0.717, 1.165) is 24.8 Å². The molecule has 1 N–H and O–H groups in total. The molecule has 0 amide bonds. The molecule has 1 heterocycles. The molecule has 0 aromatic heterocycles. The molecule has 118 valence electrons. The number of aliphatic hydroxyl groups excluding tert-OH is 1. The lowest BCUT2D eigenvalue weighted by atomic mass is 10.00. The highest BCUT2D eigenvalue weighted by Gasteiger charge is 2.19. The van der Waals surface area contributed by atoms with Crippen molar-refractivity contribution in [3.63, 3.8) is 0 Å². The highest BCUT2D eigenvalue weighted by Crippen LogP contribution is 2.23. The van der Waals surface area contributed by atoms with Crippen LogP contribution in [0.15, 0.2) is 12.1 Å². The van der Waals surface area contributed by atoms with E-state index in [-0.39, 0.29) is 0 Å². The van der Waals surface area contributed by atoms with Crippen molar-refractivity contribution >= 4 is 0 Å². The fraction of sp³-hybridized carbons (Fsp3) is 0.667. The van der Waals surface area contributed by atoms with Crippen molar-refractivity contribution < 1.29 is 9.84 Å². The lowest BCUT2D eigenvalue weighted by molar-refractivity contribution is 0.0535. The Morgan fingerprint density at radius 3 is 2.81 bits per heavy atom. The first-order valence-electron chi connectivity index (χ1n) is 8.06. The molecule has 1 saturated heterocycles. The quantitative estimate of drug-likeness (QED) is 0.905. The summed E-state index contributed by atoms with van der Waals surface area (Å²) in [7, 11) is 0. The Morgan fingerprint density at radius 2 is 2.10 bits per heavy atom. The number of hydrogen-bond donors (Lipinski definition) is 1. The highest BCUT2D eigenvalue weighted by molar-refractivity contribution is 5.41. The number of hydrogen-bond acceptors (Lipinski definition) is 3. The number of piperidine rings is 1. The van der Waals surface area contributed by atoms with Gasteiger partial charge >= 0.3 is 0 Å². The molecule has 1 fully saturated rings. The highest BCUT2D eigenvalue weighted by atomic mass is 16.5. The van der Waals surface area contributed by atoms with Crippen molar-refractivity contribution in [1.29, 1.82) is 0 Å². The largest absolute Gasteiger partial charge is 0.491 e. The number of ether oxygens (including phenoxy) is 1. The van der Waals surface area contributed by atoms with Crippen molar-refractivity contribution in [1.82, 2.24) is 4.90 Å². The van der Waals surface area contributed by atoms with E-state index in [4.69, 9.17) is 4.74 Å². The Morgan fingerprint density at radius 1 is 1.33 bits per heavy atom. The minimum absolute atomic E-state index is 0.370. The van der Waals surface area contributed by atoms with Gasteiger partial charge in [0.15, 0.2) is 0 Å². The predicted octanol–water partition coefficient (Wildman–Crippen LogP) is 3.08. The molecule has 0 radical (unpaired) electrons. The van der Waals surface area contributed by atoms with Gasteiger partial charge in [-0.25, -0.2) is 0 Å². The zero-order chi connectivity index (χ0) is 15.4. The van der Waals surface area contributed by atoms with E-state index in [0.29, 0.717) is 13.2 Å². The summed E-state index contributed by atoms with van der Waals surface area (Å²) >= 11 is 0. The Kier molecular flexibility index (Phi) is 5.65. The first kappa shape index (κ1) is 16.3. The monoisotopic (exact) mass is 291 g/mol. The molecule has 0 aliphatic carbocycles. The average Bonchev–Trinajstić information content (AvgIpc) is 2.41. The van der Waals surface area contributed by atoms with E-state index in [1.165, 1.54) is 29.5 Å². The van der Waals surface area contributed by atoms with Crippen molar-refractivity contribution in [2.45, 2.75) is 46.6 Å². The number of rotatable bonds is 5. The molecule has 3 heteroatoms. The standard InChI is InChI=1S/C18H29NO2/c1-13-6-5-7-19(10-13)11-17(20)12-21-18-9-14(2)8-15(3)16(18)4/h8-9,13,17,20H,5-7,10-12H2,1-4H3/t13-,17+/m1/s1. The molecule has 2 atom stereocenters. The van der Waals surface area contributed by atoms with Gasteiger partial charge in [0.25, 0.3) is 0 Å². The second kappa shape index (κ2) is 7.28. The molecule has 0 saturated carbocycles. The molecule has 0 spiro atoms. The topological polar surface area (TPSA) is 32.7 Å². The minimum atomic E-state index is -0.421. The lowest BCUT2D eigenvalue weighted by Crippen LogP contribution is -2.41. The Balaban J connectivity index is 1.85. The maximum Gasteiger partial charge on any atom is 0.122 e. The van der Waals surface area contributed by atoms with Gasteiger partial charge in [-0.3, -0.25) is 0 Å². The second-order valence-electron chi connectivity index (χ2n) is 6.68. The molecule has 1 aliphatic rings. The summed E-state index contributed by atoms with van der Waals surface area (Å²) in [6.07, 6.45) is 2.13. The Bertz CT molecular complexity index is 473. The third kappa shape index (κ3) is 4.72. The average molecular weight is 291 g/mol. The lowest BCUT2D eigenvalue weighted by Gasteiger charge is -2.32. The van der Waals surface area contributed by atoms with Gasteiger partial charge in [-0.15, -0.1) is 0 Å². The smallest absolute Gasteiger partial charge is 0.122 e. The van der Waals surface area contributed by atoms with Crippen LogP contribution in [0.1, 0.15) is 36.5 Å². The number of benzene rings is 1. The Labute approximate surface area is 128 Å². The van der Waals surface area contributed by atoms with Crippen LogP contribution in [0.4, 0.5) is 0 Å². The van der Waals surface area contributed by atoms with Crippen LogP contribution in [0.5, 0.6) is 5.75 Å². The van der Waals surface area contributed by atoms with Crippen molar-refractivity contribution in [3.8, 4) is 5.75 Å². The summed E-state index contributed by atoms with van der Waals surface area (Å²) in [5.74, 6) is 1.65. The van der Waals surface area contributed by atoms with Crippen molar-refractivity contribution in [2.75, 3.05) is 26.2 Å². The van der Waals surface area contributed by atoms with Gasteiger partial charge in [-0.05, 0) is 68.8 Å². The second-order valence-corrected chi connectivity index (χ2v) is 6.68. The van der Waals surface area contributed by atoms with E-state index >= 15 is 0 Å². The van der Waals surface area contributed by atoms with Gasteiger partial charge in [0, 0.05) is 13.1 Å².